The zero-order chi connectivity index (χ0) is 14.0. The van der Waals surface area contributed by atoms with Gasteiger partial charge in [-0.2, -0.15) is 0 Å². The summed E-state index contributed by atoms with van der Waals surface area (Å²) in [5, 5.41) is 0. The minimum absolute atomic E-state index is 0.0440. The molecule has 0 aliphatic carbocycles. The number of esters is 1. The van der Waals surface area contributed by atoms with E-state index in [1.807, 2.05) is 13.8 Å². The van der Waals surface area contributed by atoms with E-state index >= 15 is 0 Å². The predicted molar refractivity (Wildman–Crippen MR) is 70.2 cm³/mol. The molecule has 0 spiro atoms. The minimum atomic E-state index is -0.762. The summed E-state index contributed by atoms with van der Waals surface area (Å²) in [5.41, 5.74) is 0. The van der Waals surface area contributed by atoms with Gasteiger partial charge in [0.2, 0.25) is 5.78 Å². The monoisotopic (exact) mass is 256 g/mol. The minimum Gasteiger partial charge on any atom is -0.457 e. The maximum atomic E-state index is 12.0. The van der Waals surface area contributed by atoms with Crippen molar-refractivity contribution in [3.63, 3.8) is 0 Å². The lowest BCUT2D eigenvalue weighted by atomic mass is 9.83. The van der Waals surface area contributed by atoms with Crippen molar-refractivity contribution in [2.24, 2.45) is 11.8 Å². The summed E-state index contributed by atoms with van der Waals surface area (Å²) in [4.78, 5) is 23.6. The molecular weight excluding hydrogens is 232 g/mol. The highest BCUT2D eigenvalue weighted by Crippen LogP contribution is 2.23. The van der Waals surface area contributed by atoms with E-state index in [0.717, 1.165) is 12.8 Å². The lowest BCUT2D eigenvalue weighted by Crippen LogP contribution is -2.31. The van der Waals surface area contributed by atoms with Crippen molar-refractivity contribution < 1.29 is 19.1 Å². The van der Waals surface area contributed by atoms with Gasteiger partial charge in [0.1, 0.15) is 6.61 Å². The van der Waals surface area contributed by atoms with Gasteiger partial charge in [-0.25, -0.2) is 4.79 Å². The van der Waals surface area contributed by atoms with Gasteiger partial charge in [-0.3, -0.25) is 4.79 Å². The van der Waals surface area contributed by atoms with E-state index < -0.39 is 11.8 Å². The first-order valence-corrected chi connectivity index (χ1v) is 6.44. The highest BCUT2D eigenvalue weighted by atomic mass is 16.6. The molecule has 0 heterocycles. The number of hydrogen-bond acceptors (Lipinski definition) is 4. The van der Waals surface area contributed by atoms with Gasteiger partial charge < -0.3 is 9.47 Å². The Morgan fingerprint density at radius 1 is 1.28 bits per heavy atom. The summed E-state index contributed by atoms with van der Waals surface area (Å²) in [6.07, 6.45) is 4.20. The summed E-state index contributed by atoms with van der Waals surface area (Å²) in [5.74, 6) is -1.49. The summed E-state index contributed by atoms with van der Waals surface area (Å²) in [6, 6.07) is 0. The number of rotatable bonds is 10. The first-order chi connectivity index (χ1) is 8.62. The number of ketones is 1. The van der Waals surface area contributed by atoms with Gasteiger partial charge in [0.25, 0.3) is 0 Å². The Balaban J connectivity index is 4.48. The molecule has 4 nitrogen and oxygen atoms in total. The van der Waals surface area contributed by atoms with Crippen LogP contribution < -0.4 is 0 Å². The molecule has 0 amide bonds. The molecule has 0 saturated carbocycles. The van der Waals surface area contributed by atoms with Crippen LogP contribution in [0.5, 0.6) is 0 Å². The summed E-state index contributed by atoms with van der Waals surface area (Å²) in [7, 11) is 1.51. The zero-order valence-corrected chi connectivity index (χ0v) is 11.6. The topological polar surface area (TPSA) is 52.6 Å². The number of carbonyl (C=O) groups excluding carboxylic acids is 2. The van der Waals surface area contributed by atoms with E-state index in [4.69, 9.17) is 9.47 Å². The van der Waals surface area contributed by atoms with E-state index in [0.29, 0.717) is 13.0 Å². The lowest BCUT2D eigenvalue weighted by Gasteiger charge is -2.20. The average Bonchev–Trinajstić information content (AvgIpc) is 2.38. The molecule has 0 aliphatic rings. The number of methoxy groups -OCH3 is 1. The Morgan fingerprint density at radius 3 is 2.39 bits per heavy atom. The van der Waals surface area contributed by atoms with Crippen LogP contribution in [0.25, 0.3) is 0 Å². The second-order valence-electron chi connectivity index (χ2n) is 4.20. The molecule has 0 rings (SSSR count). The maximum absolute atomic E-state index is 12.0. The van der Waals surface area contributed by atoms with Gasteiger partial charge in [-0.1, -0.05) is 26.3 Å². The second kappa shape index (κ2) is 9.83. The molecule has 18 heavy (non-hydrogen) atoms. The van der Waals surface area contributed by atoms with Crippen LogP contribution in [-0.2, 0) is 19.1 Å². The SMILES string of the molecule is C=C[C@@H](CCC)[C@@H](CC)C(=O)C(=O)OCCOC. The third-order valence-corrected chi connectivity index (χ3v) is 2.94. The maximum Gasteiger partial charge on any atom is 0.374 e. The smallest absolute Gasteiger partial charge is 0.374 e. The normalized spacial score (nSPS) is 13.7. The Morgan fingerprint density at radius 2 is 1.94 bits per heavy atom. The lowest BCUT2D eigenvalue weighted by molar-refractivity contribution is -0.157. The van der Waals surface area contributed by atoms with Gasteiger partial charge in [-0.15, -0.1) is 6.58 Å². The number of carbonyl (C=O) groups is 2. The largest absolute Gasteiger partial charge is 0.457 e. The number of ether oxygens (including phenoxy) is 2. The summed E-state index contributed by atoms with van der Waals surface area (Å²) >= 11 is 0. The van der Waals surface area contributed by atoms with Crippen LogP contribution in [0.15, 0.2) is 12.7 Å². The molecular formula is C14H24O4. The van der Waals surface area contributed by atoms with Crippen molar-refractivity contribution in [2.75, 3.05) is 20.3 Å². The molecule has 0 aliphatic heterocycles. The second-order valence-corrected chi connectivity index (χ2v) is 4.20. The van der Waals surface area contributed by atoms with Crippen LogP contribution in [0.2, 0.25) is 0 Å². The Bertz CT molecular complexity index is 273. The molecule has 0 fully saturated rings. The first-order valence-electron chi connectivity index (χ1n) is 6.44. The van der Waals surface area contributed by atoms with Crippen molar-refractivity contribution in [3.8, 4) is 0 Å². The van der Waals surface area contributed by atoms with Gasteiger partial charge >= 0.3 is 5.97 Å². The van der Waals surface area contributed by atoms with Crippen molar-refractivity contribution >= 4 is 11.8 Å². The molecule has 0 saturated heterocycles. The quantitative estimate of drug-likeness (QED) is 0.261. The van der Waals surface area contributed by atoms with E-state index in [-0.39, 0.29) is 18.4 Å². The molecule has 104 valence electrons. The average molecular weight is 256 g/mol. The molecule has 0 radical (unpaired) electrons. The molecule has 0 bridgehead atoms. The Kier molecular flexibility index (Phi) is 9.19. The Hall–Kier alpha value is -1.16. The highest BCUT2D eigenvalue weighted by molar-refractivity contribution is 6.34. The third-order valence-electron chi connectivity index (χ3n) is 2.94. The molecule has 2 atom stereocenters. The number of allylic oxidation sites excluding steroid dienone is 1. The molecule has 0 N–H and O–H groups in total. The van der Waals surface area contributed by atoms with E-state index in [1.54, 1.807) is 6.08 Å². The zero-order valence-electron chi connectivity index (χ0n) is 11.6. The van der Waals surface area contributed by atoms with E-state index in [1.165, 1.54) is 7.11 Å². The molecule has 0 unspecified atom stereocenters. The highest BCUT2D eigenvalue weighted by Gasteiger charge is 2.30. The van der Waals surface area contributed by atoms with Crippen LogP contribution in [0, 0.1) is 11.8 Å². The van der Waals surface area contributed by atoms with Crippen molar-refractivity contribution in [3.05, 3.63) is 12.7 Å². The molecule has 0 aromatic carbocycles. The van der Waals surface area contributed by atoms with Gasteiger partial charge in [0.05, 0.1) is 6.61 Å². The van der Waals surface area contributed by atoms with Crippen LogP contribution >= 0.6 is 0 Å². The van der Waals surface area contributed by atoms with E-state index in [9.17, 15) is 9.59 Å². The fraction of sp³-hybridized carbons (Fsp3) is 0.714. The summed E-state index contributed by atoms with van der Waals surface area (Å²) in [6.45, 7) is 8.10. The van der Waals surface area contributed by atoms with Crippen LogP contribution in [0.4, 0.5) is 0 Å². The third kappa shape index (κ3) is 5.45. The predicted octanol–water partition coefficient (Wildman–Crippen LogP) is 2.37. The molecule has 0 aromatic heterocycles. The fourth-order valence-electron chi connectivity index (χ4n) is 1.94. The number of hydrogen-bond donors (Lipinski definition) is 0. The van der Waals surface area contributed by atoms with Crippen LogP contribution in [0.1, 0.15) is 33.1 Å². The molecule has 0 aromatic rings. The first kappa shape index (κ1) is 16.8. The van der Waals surface area contributed by atoms with Crippen LogP contribution in [-0.4, -0.2) is 32.1 Å². The van der Waals surface area contributed by atoms with E-state index in [2.05, 4.69) is 6.58 Å². The van der Waals surface area contributed by atoms with Crippen LogP contribution in [0.3, 0.4) is 0 Å². The van der Waals surface area contributed by atoms with Crippen molar-refractivity contribution in [1.82, 2.24) is 0 Å². The van der Waals surface area contributed by atoms with Gasteiger partial charge in [-0.05, 0) is 18.8 Å². The Labute approximate surface area is 109 Å². The standard InChI is InChI=1S/C14H24O4/c1-5-8-11(6-2)12(7-3)13(15)14(16)18-10-9-17-4/h6,11-12H,2,5,7-10H2,1,3-4H3/t11-,12+/m0/s1. The fourth-order valence-corrected chi connectivity index (χ4v) is 1.94. The summed E-state index contributed by atoms with van der Waals surface area (Å²) < 4.78 is 9.61. The van der Waals surface area contributed by atoms with Crippen molar-refractivity contribution in [2.45, 2.75) is 33.1 Å². The van der Waals surface area contributed by atoms with Gasteiger partial charge in [0.15, 0.2) is 0 Å². The number of Topliss-reactive ketones (excluding diaryl/α,β-unsaturated/α-hetero) is 1. The van der Waals surface area contributed by atoms with Crippen molar-refractivity contribution in [1.29, 1.82) is 0 Å². The van der Waals surface area contributed by atoms with Gasteiger partial charge in [0, 0.05) is 13.0 Å². The molecule has 4 heteroatoms.